The van der Waals surface area contributed by atoms with Crippen LogP contribution in [0.25, 0.3) is 0 Å². The van der Waals surface area contributed by atoms with Crippen LogP contribution in [0.4, 0.5) is 4.79 Å². The highest BCUT2D eigenvalue weighted by Gasteiger charge is 2.32. The summed E-state index contributed by atoms with van der Waals surface area (Å²) in [6.07, 6.45) is -1.09. The first-order valence-electron chi connectivity index (χ1n) is 5.59. The summed E-state index contributed by atoms with van der Waals surface area (Å²) in [6.45, 7) is 8.16. The van der Waals surface area contributed by atoms with Crippen molar-refractivity contribution in [3.8, 4) is 0 Å². The summed E-state index contributed by atoms with van der Waals surface area (Å²) >= 11 is 0. The topological polar surface area (TPSA) is 81.7 Å². The molecule has 0 spiro atoms. The van der Waals surface area contributed by atoms with E-state index in [2.05, 4.69) is 10.1 Å². The van der Waals surface area contributed by atoms with Gasteiger partial charge < -0.3 is 14.8 Å². The molecule has 0 atom stereocenters. The maximum absolute atomic E-state index is 11.8. The van der Waals surface area contributed by atoms with Crippen molar-refractivity contribution in [2.75, 3.05) is 7.11 Å². The van der Waals surface area contributed by atoms with Crippen LogP contribution in [0.3, 0.4) is 0 Å². The predicted molar refractivity (Wildman–Crippen MR) is 65.1 cm³/mol. The smallest absolute Gasteiger partial charge is 0.408 e. The van der Waals surface area contributed by atoms with E-state index in [9.17, 15) is 14.4 Å². The molecule has 0 rings (SSSR count). The molecule has 0 heterocycles. The Balaban J connectivity index is 4.51. The minimum absolute atomic E-state index is 0.390. The van der Waals surface area contributed by atoms with Crippen LogP contribution >= 0.6 is 0 Å². The summed E-state index contributed by atoms with van der Waals surface area (Å²) in [5, 5.41) is 2.42. The van der Waals surface area contributed by atoms with Gasteiger partial charge in [0.05, 0.1) is 12.6 Å². The number of nitrogens with one attached hydrogen (secondary N) is 1. The van der Waals surface area contributed by atoms with E-state index in [1.165, 1.54) is 21.0 Å². The van der Waals surface area contributed by atoms with Gasteiger partial charge in [0.25, 0.3) is 0 Å². The highest BCUT2D eigenvalue weighted by atomic mass is 16.6. The maximum Gasteiger partial charge on any atom is 0.408 e. The Morgan fingerprint density at radius 2 is 1.56 bits per heavy atom. The summed E-state index contributed by atoms with van der Waals surface area (Å²) in [6, 6.07) is 0. The van der Waals surface area contributed by atoms with Crippen LogP contribution in [0.5, 0.6) is 0 Å². The zero-order valence-corrected chi connectivity index (χ0v) is 11.7. The van der Waals surface area contributed by atoms with Crippen molar-refractivity contribution >= 4 is 17.8 Å². The van der Waals surface area contributed by atoms with Gasteiger partial charge in [-0.15, -0.1) is 0 Å². The molecule has 1 amide bonds. The van der Waals surface area contributed by atoms with Gasteiger partial charge in [0.1, 0.15) is 12.0 Å². The number of Topliss-reactive ketones (excluding diaryl/α,β-unsaturated/α-hetero) is 1. The number of ether oxygens (including phenoxy) is 2. The van der Waals surface area contributed by atoms with Gasteiger partial charge in [0.15, 0.2) is 5.78 Å². The Morgan fingerprint density at radius 3 is 1.94 bits per heavy atom. The first-order valence-corrected chi connectivity index (χ1v) is 5.59. The molecular weight excluding hydrogens is 238 g/mol. The molecule has 0 unspecified atom stereocenters. The third-order valence-corrected chi connectivity index (χ3v) is 2.04. The van der Waals surface area contributed by atoms with E-state index in [-0.39, 0.29) is 6.42 Å². The zero-order chi connectivity index (χ0) is 14.6. The molecular formula is C12H21NO5. The fourth-order valence-electron chi connectivity index (χ4n) is 1.05. The molecule has 18 heavy (non-hydrogen) atoms. The largest absolute Gasteiger partial charge is 0.469 e. The number of methoxy groups -OCH3 is 1. The zero-order valence-electron chi connectivity index (χ0n) is 11.7. The van der Waals surface area contributed by atoms with Crippen LogP contribution in [0.1, 0.15) is 41.0 Å². The van der Waals surface area contributed by atoms with Crippen molar-refractivity contribution in [3.63, 3.8) is 0 Å². The number of hydrogen-bond acceptors (Lipinski definition) is 5. The summed E-state index contributed by atoms with van der Waals surface area (Å²) in [4.78, 5) is 34.3. The average Bonchev–Trinajstić information content (AvgIpc) is 2.13. The van der Waals surface area contributed by atoms with Crippen molar-refractivity contribution in [1.29, 1.82) is 0 Å². The van der Waals surface area contributed by atoms with Crippen LogP contribution in [-0.4, -0.2) is 36.1 Å². The quantitative estimate of drug-likeness (QED) is 0.610. The maximum atomic E-state index is 11.8. The number of rotatable bonds is 4. The molecule has 0 aliphatic heterocycles. The van der Waals surface area contributed by atoms with Crippen LogP contribution in [0.2, 0.25) is 0 Å². The highest BCUT2D eigenvalue weighted by molar-refractivity contribution is 6.01. The van der Waals surface area contributed by atoms with Crippen LogP contribution < -0.4 is 5.32 Å². The van der Waals surface area contributed by atoms with Crippen molar-refractivity contribution in [2.45, 2.75) is 52.2 Å². The lowest BCUT2D eigenvalue weighted by Gasteiger charge is -2.27. The molecule has 0 fully saturated rings. The summed E-state index contributed by atoms with van der Waals surface area (Å²) < 4.78 is 9.43. The lowest BCUT2D eigenvalue weighted by atomic mass is 9.97. The standard InChI is InChI=1S/C12H21NO5/c1-11(2,3)18-10(16)13-12(4,5)8(14)7-9(15)17-6/h7H2,1-6H3,(H,13,16). The van der Waals surface area contributed by atoms with Crippen molar-refractivity contribution in [1.82, 2.24) is 5.32 Å². The van der Waals surface area contributed by atoms with E-state index in [4.69, 9.17) is 4.74 Å². The number of esters is 1. The van der Waals surface area contributed by atoms with Gasteiger partial charge in [-0.2, -0.15) is 0 Å². The molecule has 1 N–H and O–H groups in total. The monoisotopic (exact) mass is 259 g/mol. The number of amides is 1. The van der Waals surface area contributed by atoms with Crippen LogP contribution in [0.15, 0.2) is 0 Å². The first-order chi connectivity index (χ1) is 7.98. The molecule has 0 saturated carbocycles. The molecule has 0 aliphatic rings. The molecule has 0 bridgehead atoms. The Labute approximate surface area is 107 Å². The summed E-state index contributed by atoms with van der Waals surface area (Å²) in [7, 11) is 1.20. The van der Waals surface area contributed by atoms with E-state index < -0.39 is 29.0 Å². The fraction of sp³-hybridized carbons (Fsp3) is 0.750. The van der Waals surface area contributed by atoms with Gasteiger partial charge in [0.2, 0.25) is 0 Å². The predicted octanol–water partition coefficient (Wildman–Crippen LogP) is 1.42. The average molecular weight is 259 g/mol. The lowest BCUT2D eigenvalue weighted by molar-refractivity contribution is -0.144. The molecule has 0 aromatic carbocycles. The van der Waals surface area contributed by atoms with E-state index >= 15 is 0 Å². The minimum atomic E-state index is -1.18. The fourth-order valence-corrected chi connectivity index (χ4v) is 1.05. The molecule has 104 valence electrons. The summed E-state index contributed by atoms with van der Waals surface area (Å²) in [5.74, 6) is -1.08. The van der Waals surface area contributed by atoms with Gasteiger partial charge >= 0.3 is 12.1 Å². The molecule has 6 nitrogen and oxygen atoms in total. The Hall–Kier alpha value is -1.59. The van der Waals surface area contributed by atoms with E-state index in [1.807, 2.05) is 0 Å². The highest BCUT2D eigenvalue weighted by Crippen LogP contribution is 2.11. The molecule has 0 radical (unpaired) electrons. The molecule has 0 aromatic rings. The van der Waals surface area contributed by atoms with Gasteiger partial charge in [0, 0.05) is 0 Å². The minimum Gasteiger partial charge on any atom is -0.469 e. The second-order valence-electron chi connectivity index (χ2n) is 5.43. The van der Waals surface area contributed by atoms with E-state index in [0.717, 1.165) is 0 Å². The lowest BCUT2D eigenvalue weighted by Crippen LogP contribution is -2.51. The molecule has 6 heteroatoms. The van der Waals surface area contributed by atoms with E-state index in [0.29, 0.717) is 0 Å². The number of carbonyl (C=O) groups excluding carboxylic acids is 3. The normalized spacial score (nSPS) is 11.7. The Bertz CT molecular complexity index is 341. The molecule has 0 aliphatic carbocycles. The first kappa shape index (κ1) is 16.4. The Morgan fingerprint density at radius 1 is 1.06 bits per heavy atom. The van der Waals surface area contributed by atoms with Crippen molar-refractivity contribution in [3.05, 3.63) is 0 Å². The number of carbonyl (C=O) groups is 3. The SMILES string of the molecule is COC(=O)CC(=O)C(C)(C)NC(=O)OC(C)(C)C. The van der Waals surface area contributed by atoms with E-state index in [1.54, 1.807) is 20.8 Å². The summed E-state index contributed by atoms with van der Waals surface area (Å²) in [5.41, 5.74) is -1.83. The van der Waals surface area contributed by atoms with Crippen molar-refractivity contribution in [2.24, 2.45) is 0 Å². The van der Waals surface area contributed by atoms with Gasteiger partial charge in [-0.1, -0.05) is 0 Å². The molecule has 0 saturated heterocycles. The van der Waals surface area contributed by atoms with Gasteiger partial charge in [-0.3, -0.25) is 9.59 Å². The number of ketones is 1. The second kappa shape index (κ2) is 5.84. The number of hydrogen-bond donors (Lipinski definition) is 1. The third-order valence-electron chi connectivity index (χ3n) is 2.04. The Kier molecular flexibility index (Phi) is 5.32. The second-order valence-corrected chi connectivity index (χ2v) is 5.43. The van der Waals surface area contributed by atoms with Gasteiger partial charge in [-0.05, 0) is 34.6 Å². The van der Waals surface area contributed by atoms with Crippen LogP contribution in [-0.2, 0) is 19.1 Å². The van der Waals surface area contributed by atoms with Gasteiger partial charge in [-0.25, -0.2) is 4.79 Å². The third kappa shape index (κ3) is 6.22. The van der Waals surface area contributed by atoms with Crippen molar-refractivity contribution < 1.29 is 23.9 Å². The number of alkyl carbamates (subject to hydrolysis) is 1. The molecule has 0 aromatic heterocycles. The van der Waals surface area contributed by atoms with Crippen LogP contribution in [0, 0.1) is 0 Å².